The van der Waals surface area contributed by atoms with Gasteiger partial charge in [-0.25, -0.2) is 0 Å². The fraction of sp³-hybridized carbons (Fsp3) is 0.857. The molecular weight excluding hydrogens is 316 g/mol. The number of hydrogen-bond acceptors (Lipinski definition) is 4. The van der Waals surface area contributed by atoms with E-state index < -0.39 is 11.0 Å². The van der Waals surface area contributed by atoms with Gasteiger partial charge < -0.3 is 5.11 Å². The van der Waals surface area contributed by atoms with Gasteiger partial charge in [0.2, 0.25) is 0 Å². The van der Waals surface area contributed by atoms with Crippen molar-refractivity contribution in [3.63, 3.8) is 0 Å². The maximum Gasteiger partial charge on any atom is 0.161 e. The Balaban J connectivity index is 1.72. The van der Waals surface area contributed by atoms with Crippen molar-refractivity contribution in [3.05, 3.63) is 0 Å². The molecule has 4 nitrogen and oxygen atoms in total. The highest BCUT2D eigenvalue weighted by atomic mass is 16.3. The van der Waals surface area contributed by atoms with E-state index in [1.54, 1.807) is 0 Å². The average molecular weight is 346 g/mol. The van der Waals surface area contributed by atoms with E-state index in [0.717, 1.165) is 25.7 Å². The largest absolute Gasteiger partial charge is 0.381 e. The molecule has 1 N–H and O–H groups in total. The summed E-state index contributed by atoms with van der Waals surface area (Å²) in [6.45, 7) is 5.67. The van der Waals surface area contributed by atoms with Gasteiger partial charge >= 0.3 is 0 Å². The zero-order valence-electron chi connectivity index (χ0n) is 15.6. The van der Waals surface area contributed by atoms with Crippen LogP contribution in [0, 0.1) is 34.5 Å². The van der Waals surface area contributed by atoms with E-state index in [9.17, 15) is 19.5 Å². The number of carbonyl (C=O) groups excluding carboxylic acids is 3. The molecule has 0 aliphatic heterocycles. The van der Waals surface area contributed by atoms with Gasteiger partial charge in [0, 0.05) is 30.6 Å². The number of rotatable bonds is 1. The summed E-state index contributed by atoms with van der Waals surface area (Å²) in [4.78, 5) is 37.5. The van der Waals surface area contributed by atoms with Crippen LogP contribution < -0.4 is 0 Å². The molecule has 0 aromatic heterocycles. The lowest BCUT2D eigenvalue weighted by atomic mass is 9.44. The number of fused-ring (bicyclic) bond motifs is 5. The van der Waals surface area contributed by atoms with Crippen molar-refractivity contribution in [1.29, 1.82) is 0 Å². The number of Topliss-reactive ketones (excluding diaryl/α,β-unsaturated/α-hetero) is 3. The third kappa shape index (κ3) is 2.06. The predicted molar refractivity (Wildman–Crippen MR) is 92.8 cm³/mol. The van der Waals surface area contributed by atoms with E-state index in [1.807, 2.05) is 6.92 Å². The third-order valence-electron chi connectivity index (χ3n) is 8.90. The molecule has 25 heavy (non-hydrogen) atoms. The molecule has 4 aliphatic carbocycles. The minimum absolute atomic E-state index is 0.00623. The molecule has 4 heteroatoms. The van der Waals surface area contributed by atoms with Crippen LogP contribution in [0.15, 0.2) is 0 Å². The second-order valence-electron chi connectivity index (χ2n) is 9.79. The Kier molecular flexibility index (Phi) is 3.65. The van der Waals surface area contributed by atoms with Crippen LogP contribution in [0.3, 0.4) is 0 Å². The van der Waals surface area contributed by atoms with E-state index in [-0.39, 0.29) is 34.7 Å². The first-order valence-corrected chi connectivity index (χ1v) is 9.91. The molecule has 4 fully saturated rings. The molecule has 0 bridgehead atoms. The van der Waals surface area contributed by atoms with Crippen LogP contribution in [0.5, 0.6) is 0 Å². The predicted octanol–water partition coefficient (Wildman–Crippen LogP) is 3.10. The summed E-state index contributed by atoms with van der Waals surface area (Å²) in [5.74, 6) is 1.22. The van der Waals surface area contributed by atoms with Gasteiger partial charge in [0.1, 0.15) is 17.2 Å². The maximum absolute atomic E-state index is 13.3. The molecule has 0 amide bonds. The average Bonchev–Trinajstić information content (AvgIpc) is 2.80. The molecule has 0 heterocycles. The highest BCUT2D eigenvalue weighted by molar-refractivity contribution is 5.90. The van der Waals surface area contributed by atoms with Crippen LogP contribution >= 0.6 is 0 Å². The normalized spacial score (nSPS) is 52.3. The van der Waals surface area contributed by atoms with Gasteiger partial charge in [-0.3, -0.25) is 14.4 Å². The van der Waals surface area contributed by atoms with Crippen molar-refractivity contribution in [1.82, 2.24) is 0 Å². The van der Waals surface area contributed by atoms with E-state index in [0.29, 0.717) is 37.4 Å². The molecule has 7 atom stereocenters. The van der Waals surface area contributed by atoms with Gasteiger partial charge in [-0.05, 0) is 62.2 Å². The lowest BCUT2D eigenvalue weighted by Gasteiger charge is -2.59. The fourth-order valence-corrected chi connectivity index (χ4v) is 7.44. The molecule has 0 spiro atoms. The molecule has 0 saturated heterocycles. The summed E-state index contributed by atoms with van der Waals surface area (Å²) in [6, 6.07) is 0. The van der Waals surface area contributed by atoms with Crippen LogP contribution in [0.1, 0.15) is 72.1 Å². The smallest absolute Gasteiger partial charge is 0.161 e. The van der Waals surface area contributed by atoms with E-state index >= 15 is 0 Å². The summed E-state index contributed by atoms with van der Waals surface area (Å²) < 4.78 is 0. The first-order valence-electron chi connectivity index (χ1n) is 9.91. The van der Waals surface area contributed by atoms with Crippen LogP contribution in [-0.4, -0.2) is 28.1 Å². The summed E-state index contributed by atoms with van der Waals surface area (Å²) in [5.41, 5.74) is -2.05. The molecule has 0 aromatic rings. The number of ketones is 3. The monoisotopic (exact) mass is 346 g/mol. The summed E-state index contributed by atoms with van der Waals surface area (Å²) in [7, 11) is 0. The Morgan fingerprint density at radius 2 is 1.84 bits per heavy atom. The quantitative estimate of drug-likeness (QED) is 0.792. The Morgan fingerprint density at radius 3 is 2.52 bits per heavy atom. The van der Waals surface area contributed by atoms with Gasteiger partial charge in [0.25, 0.3) is 0 Å². The summed E-state index contributed by atoms with van der Waals surface area (Å²) in [6.07, 6.45) is 5.64. The second kappa shape index (κ2) is 5.25. The maximum atomic E-state index is 13.3. The van der Waals surface area contributed by atoms with Crippen LogP contribution in [0.4, 0.5) is 0 Å². The fourth-order valence-electron chi connectivity index (χ4n) is 7.44. The van der Waals surface area contributed by atoms with Crippen molar-refractivity contribution in [2.75, 3.05) is 0 Å². The Bertz CT molecular complexity index is 654. The number of hydrogen-bond donors (Lipinski definition) is 1. The molecule has 138 valence electrons. The first kappa shape index (κ1) is 17.4. The van der Waals surface area contributed by atoms with Gasteiger partial charge in [0.15, 0.2) is 5.78 Å². The zero-order chi connectivity index (χ0) is 18.2. The molecule has 4 rings (SSSR count). The zero-order valence-corrected chi connectivity index (χ0v) is 15.6. The van der Waals surface area contributed by atoms with E-state index in [2.05, 4.69) is 6.92 Å². The second-order valence-corrected chi connectivity index (χ2v) is 9.79. The SMILES string of the molecule is CC(=O)[C@@]1(O)CCC2[C@@H]3CCC4CC(=O)CC[C@]4(C)C3C(=O)C[C@@]21C. The molecule has 4 aliphatic rings. The Labute approximate surface area is 149 Å². The van der Waals surface area contributed by atoms with E-state index in [4.69, 9.17) is 0 Å². The van der Waals surface area contributed by atoms with Crippen molar-refractivity contribution < 1.29 is 19.5 Å². The van der Waals surface area contributed by atoms with E-state index in [1.165, 1.54) is 6.92 Å². The van der Waals surface area contributed by atoms with Crippen molar-refractivity contribution in [2.45, 2.75) is 77.7 Å². The number of aliphatic hydroxyl groups is 1. The molecule has 0 radical (unpaired) electrons. The highest BCUT2D eigenvalue weighted by Crippen LogP contribution is 2.67. The first-order chi connectivity index (χ1) is 11.6. The minimum Gasteiger partial charge on any atom is -0.381 e. The van der Waals surface area contributed by atoms with Crippen LogP contribution in [-0.2, 0) is 14.4 Å². The third-order valence-corrected chi connectivity index (χ3v) is 8.90. The van der Waals surface area contributed by atoms with Gasteiger partial charge in [-0.2, -0.15) is 0 Å². The Morgan fingerprint density at radius 1 is 1.12 bits per heavy atom. The van der Waals surface area contributed by atoms with Gasteiger partial charge in [-0.1, -0.05) is 13.8 Å². The minimum atomic E-state index is -1.35. The standard InChI is InChI=1S/C21H30O4/c1-12(22)21(25)9-7-16-15-5-4-13-10-14(23)6-8-19(13,2)18(15)17(24)11-20(16,21)3/h13,15-16,18,25H,4-11H2,1-3H3/t13?,15-,16?,18?,19-,20-,21-/m0/s1. The molecule has 0 aromatic carbocycles. The van der Waals surface area contributed by atoms with Crippen LogP contribution in [0.2, 0.25) is 0 Å². The molecular formula is C21H30O4. The van der Waals surface area contributed by atoms with Crippen molar-refractivity contribution >= 4 is 17.3 Å². The summed E-state index contributed by atoms with van der Waals surface area (Å²) >= 11 is 0. The lowest BCUT2D eigenvalue weighted by molar-refractivity contribution is -0.176. The molecule has 4 saturated carbocycles. The van der Waals surface area contributed by atoms with Gasteiger partial charge in [-0.15, -0.1) is 0 Å². The summed E-state index contributed by atoms with van der Waals surface area (Å²) in [5, 5.41) is 11.1. The van der Waals surface area contributed by atoms with Crippen molar-refractivity contribution in [2.24, 2.45) is 34.5 Å². The highest BCUT2D eigenvalue weighted by Gasteiger charge is 2.68. The van der Waals surface area contributed by atoms with Crippen molar-refractivity contribution in [3.8, 4) is 0 Å². The van der Waals surface area contributed by atoms with Crippen LogP contribution in [0.25, 0.3) is 0 Å². The molecule has 3 unspecified atom stereocenters. The Hall–Kier alpha value is -1.03. The topological polar surface area (TPSA) is 71.4 Å². The number of carbonyl (C=O) groups is 3. The van der Waals surface area contributed by atoms with Gasteiger partial charge in [0.05, 0.1) is 0 Å². The lowest BCUT2D eigenvalue weighted by Crippen LogP contribution is -2.61.